The Balaban J connectivity index is 1.88. The van der Waals surface area contributed by atoms with Crippen LogP contribution in [0.4, 0.5) is 4.79 Å². The Morgan fingerprint density at radius 1 is 1.17 bits per heavy atom. The number of aryl methyl sites for hydroxylation is 2. The van der Waals surface area contributed by atoms with Crippen LogP contribution in [0.25, 0.3) is 5.57 Å². The minimum absolute atomic E-state index is 0.0243. The summed E-state index contributed by atoms with van der Waals surface area (Å²) >= 11 is 0. The van der Waals surface area contributed by atoms with E-state index in [-0.39, 0.29) is 23.7 Å². The number of ether oxygens (including phenoxy) is 2. The number of urea groups is 1. The van der Waals surface area contributed by atoms with Crippen molar-refractivity contribution in [2.75, 3.05) is 14.2 Å². The fraction of sp³-hybridized carbons (Fsp3) is 0.483. The maximum Gasteiger partial charge on any atom is 0.339 e. The van der Waals surface area contributed by atoms with Crippen LogP contribution in [0.2, 0.25) is 0 Å². The first-order valence-electron chi connectivity index (χ1n) is 12.6. The number of fused-ring (bicyclic) bond motifs is 2. The van der Waals surface area contributed by atoms with E-state index in [4.69, 9.17) is 9.47 Å². The Labute approximate surface area is 209 Å². The summed E-state index contributed by atoms with van der Waals surface area (Å²) in [5, 5.41) is 1.78. The molecule has 2 amide bonds. The summed E-state index contributed by atoms with van der Waals surface area (Å²) in [7, 11) is 3.55. The molecule has 0 bridgehead atoms. The molecular formula is C29H39N3O3. The Kier molecular flexibility index (Phi) is 6.87. The van der Waals surface area contributed by atoms with Crippen LogP contribution in [0.15, 0.2) is 42.1 Å². The van der Waals surface area contributed by atoms with Crippen molar-refractivity contribution >= 4 is 11.6 Å². The quantitative estimate of drug-likeness (QED) is 0.564. The zero-order chi connectivity index (χ0) is 25.5. The number of carbonyl (C=O) groups excluding carboxylic acids is 1. The summed E-state index contributed by atoms with van der Waals surface area (Å²) in [5.41, 5.74) is 10.2. The number of methoxy groups -OCH3 is 1. The summed E-state index contributed by atoms with van der Waals surface area (Å²) in [5.74, 6) is 1.48. The summed E-state index contributed by atoms with van der Waals surface area (Å²) in [6.07, 6.45) is 2.59. The molecule has 1 unspecified atom stereocenters. The number of benzene rings is 2. The third kappa shape index (κ3) is 4.76. The third-order valence-corrected chi connectivity index (χ3v) is 6.98. The first-order valence-corrected chi connectivity index (χ1v) is 12.6. The fourth-order valence-electron chi connectivity index (χ4n) is 4.78. The Morgan fingerprint density at radius 2 is 1.91 bits per heavy atom. The van der Waals surface area contributed by atoms with Crippen LogP contribution >= 0.6 is 0 Å². The van der Waals surface area contributed by atoms with E-state index in [1.807, 2.05) is 20.9 Å². The number of carbonyl (C=O) groups is 1. The van der Waals surface area contributed by atoms with Crippen LogP contribution in [-0.2, 0) is 12.8 Å². The van der Waals surface area contributed by atoms with Gasteiger partial charge >= 0.3 is 6.03 Å². The topological polar surface area (TPSA) is 54.0 Å². The predicted octanol–water partition coefficient (Wildman–Crippen LogP) is 6.11. The number of nitrogens with one attached hydrogen (secondary N) is 1. The minimum Gasteiger partial charge on any atom is -0.493 e. The van der Waals surface area contributed by atoms with E-state index in [2.05, 4.69) is 69.5 Å². The van der Waals surface area contributed by atoms with Gasteiger partial charge in [-0.1, -0.05) is 31.2 Å². The Bertz CT molecular complexity index is 1150. The molecule has 0 saturated carbocycles. The third-order valence-electron chi connectivity index (χ3n) is 6.98. The van der Waals surface area contributed by atoms with Gasteiger partial charge in [-0.15, -0.1) is 0 Å². The molecule has 4 rings (SSSR count). The van der Waals surface area contributed by atoms with E-state index in [0.29, 0.717) is 0 Å². The van der Waals surface area contributed by atoms with Crippen molar-refractivity contribution in [1.29, 1.82) is 0 Å². The maximum atomic E-state index is 13.7. The maximum absolute atomic E-state index is 13.7. The van der Waals surface area contributed by atoms with Crippen LogP contribution in [0, 0.1) is 0 Å². The second kappa shape index (κ2) is 9.57. The molecular weight excluding hydrogens is 438 g/mol. The lowest BCUT2D eigenvalue weighted by Crippen LogP contribution is -2.52. The van der Waals surface area contributed by atoms with Gasteiger partial charge in [0.1, 0.15) is 0 Å². The fourth-order valence-corrected chi connectivity index (χ4v) is 4.78. The van der Waals surface area contributed by atoms with Crippen LogP contribution in [0.3, 0.4) is 0 Å². The summed E-state index contributed by atoms with van der Waals surface area (Å²) in [6, 6.07) is 12.7. The molecule has 0 aromatic heterocycles. The Morgan fingerprint density at radius 3 is 2.54 bits per heavy atom. The molecule has 6 nitrogen and oxygen atoms in total. The van der Waals surface area contributed by atoms with E-state index >= 15 is 0 Å². The molecule has 2 aromatic carbocycles. The lowest BCUT2D eigenvalue weighted by Gasteiger charge is -2.36. The van der Waals surface area contributed by atoms with Crippen LogP contribution in [0.1, 0.15) is 76.3 Å². The van der Waals surface area contributed by atoms with Gasteiger partial charge in [-0.05, 0) is 88.3 Å². The summed E-state index contributed by atoms with van der Waals surface area (Å²) in [4.78, 5) is 15.5. The van der Waals surface area contributed by atoms with E-state index in [9.17, 15) is 4.79 Å². The zero-order valence-electron chi connectivity index (χ0n) is 22.4. The number of nitrogens with zero attached hydrogens (tertiary/aromatic N) is 2. The Hall–Kier alpha value is -2.99. The average molecular weight is 478 g/mol. The van der Waals surface area contributed by atoms with Crippen molar-refractivity contribution in [3.63, 3.8) is 0 Å². The monoisotopic (exact) mass is 477 g/mol. The van der Waals surface area contributed by atoms with Gasteiger partial charge in [0, 0.05) is 23.9 Å². The molecule has 35 heavy (non-hydrogen) atoms. The van der Waals surface area contributed by atoms with E-state index in [0.717, 1.165) is 53.2 Å². The molecule has 0 spiro atoms. The molecule has 6 heteroatoms. The lowest BCUT2D eigenvalue weighted by atomic mass is 9.83. The highest BCUT2D eigenvalue weighted by Gasteiger charge is 2.41. The van der Waals surface area contributed by atoms with E-state index < -0.39 is 0 Å². The van der Waals surface area contributed by atoms with Crippen molar-refractivity contribution in [2.24, 2.45) is 0 Å². The second-order valence-electron chi connectivity index (χ2n) is 10.7. The van der Waals surface area contributed by atoms with Gasteiger partial charge in [-0.25, -0.2) is 15.2 Å². The number of hydrogen-bond donors (Lipinski definition) is 1. The second-order valence-corrected chi connectivity index (χ2v) is 10.7. The molecule has 0 saturated heterocycles. The first-order chi connectivity index (χ1) is 16.5. The molecule has 2 aromatic rings. The van der Waals surface area contributed by atoms with Crippen LogP contribution < -0.4 is 14.9 Å². The molecule has 2 aliphatic rings. The minimum atomic E-state index is -0.294. The largest absolute Gasteiger partial charge is 0.493 e. The molecule has 0 fully saturated rings. The summed E-state index contributed by atoms with van der Waals surface area (Å²) < 4.78 is 11.8. The predicted molar refractivity (Wildman–Crippen MR) is 140 cm³/mol. The van der Waals surface area contributed by atoms with Gasteiger partial charge in [-0.3, -0.25) is 0 Å². The molecule has 1 N–H and O–H groups in total. The van der Waals surface area contributed by atoms with Crippen molar-refractivity contribution in [2.45, 2.75) is 78.5 Å². The lowest BCUT2D eigenvalue weighted by molar-refractivity contribution is 0.122. The van der Waals surface area contributed by atoms with Crippen molar-refractivity contribution in [3.8, 4) is 11.5 Å². The van der Waals surface area contributed by atoms with Gasteiger partial charge in [0.25, 0.3) is 0 Å². The van der Waals surface area contributed by atoms with Gasteiger partial charge in [-0.2, -0.15) is 0 Å². The van der Waals surface area contributed by atoms with Crippen molar-refractivity contribution in [1.82, 2.24) is 15.3 Å². The van der Waals surface area contributed by atoms with Crippen LogP contribution in [-0.4, -0.2) is 41.7 Å². The van der Waals surface area contributed by atoms with Crippen LogP contribution in [0.5, 0.6) is 11.5 Å². The molecule has 1 heterocycles. The highest BCUT2D eigenvalue weighted by molar-refractivity contribution is 5.87. The first kappa shape index (κ1) is 25.1. The molecule has 1 aliphatic heterocycles. The number of rotatable bonds is 5. The number of allylic oxidation sites excluding steroid dienone is 1. The van der Waals surface area contributed by atoms with Gasteiger partial charge in [0.15, 0.2) is 11.5 Å². The van der Waals surface area contributed by atoms with E-state index in [1.165, 1.54) is 11.1 Å². The van der Waals surface area contributed by atoms with Gasteiger partial charge in [0.05, 0.1) is 19.3 Å². The molecule has 1 atom stereocenters. The average Bonchev–Trinajstić information content (AvgIpc) is 3.22. The number of amides is 2. The SMILES string of the molecule is CCc1cccc(C2NN(C(=O)N(C)C(C)(C)C)C3=C2c2cc(OC(C)C)c(OC)cc2CC3)c1. The van der Waals surface area contributed by atoms with Crippen molar-refractivity contribution in [3.05, 3.63) is 64.3 Å². The standard InChI is InChI=1S/C29H39N3O3/c1-9-19-11-10-12-21(15-19)27-26-22-17-25(35-18(2)3)24(34-8)16-20(22)13-14-23(26)32(30-27)28(33)31(7)29(4,5)6/h10-12,15-18,27,30H,9,13-14H2,1-8H3. The van der Waals surface area contributed by atoms with E-state index in [1.54, 1.807) is 17.0 Å². The summed E-state index contributed by atoms with van der Waals surface area (Å²) in [6.45, 7) is 12.4. The molecule has 0 radical (unpaired) electrons. The number of hydrazine groups is 1. The van der Waals surface area contributed by atoms with Gasteiger partial charge in [0.2, 0.25) is 0 Å². The van der Waals surface area contributed by atoms with Gasteiger partial charge < -0.3 is 14.4 Å². The number of hydrogen-bond acceptors (Lipinski definition) is 4. The zero-order valence-corrected chi connectivity index (χ0v) is 22.4. The highest BCUT2D eigenvalue weighted by Crippen LogP contribution is 2.48. The molecule has 1 aliphatic carbocycles. The van der Waals surface area contributed by atoms with Crippen molar-refractivity contribution < 1.29 is 14.3 Å². The molecule has 188 valence electrons. The highest BCUT2D eigenvalue weighted by atomic mass is 16.5. The normalized spacial score (nSPS) is 17.4. The smallest absolute Gasteiger partial charge is 0.339 e.